The van der Waals surface area contributed by atoms with Gasteiger partial charge in [-0.15, -0.1) is 0 Å². The lowest BCUT2D eigenvalue weighted by Crippen LogP contribution is -2.37. The van der Waals surface area contributed by atoms with Crippen LogP contribution in [-0.4, -0.2) is 39.9 Å². The molecule has 1 N–H and O–H groups in total. The van der Waals surface area contributed by atoms with Crippen LogP contribution in [0.5, 0.6) is 5.75 Å². The van der Waals surface area contributed by atoms with Gasteiger partial charge in [0.25, 0.3) is 0 Å². The SMILES string of the molecule is OC(COc1ccccc1)CN(Cc1cccn1Cc1ccccc1F)C1CC1. The highest BCUT2D eigenvalue weighted by molar-refractivity contribution is 5.21. The number of ether oxygens (including phenoxy) is 1. The van der Waals surface area contributed by atoms with Crippen LogP contribution in [0.1, 0.15) is 24.1 Å². The van der Waals surface area contributed by atoms with Gasteiger partial charge in [0.1, 0.15) is 24.3 Å². The van der Waals surface area contributed by atoms with Gasteiger partial charge in [0.2, 0.25) is 0 Å². The third-order valence-electron chi connectivity index (χ3n) is 5.28. The van der Waals surface area contributed by atoms with E-state index in [-0.39, 0.29) is 12.4 Å². The van der Waals surface area contributed by atoms with Crippen LogP contribution in [0.2, 0.25) is 0 Å². The first kappa shape index (κ1) is 19.7. The van der Waals surface area contributed by atoms with Crippen molar-refractivity contribution in [2.24, 2.45) is 0 Å². The van der Waals surface area contributed by atoms with Crippen molar-refractivity contribution in [2.75, 3.05) is 13.2 Å². The number of para-hydroxylation sites is 1. The van der Waals surface area contributed by atoms with Crippen LogP contribution in [0.4, 0.5) is 4.39 Å². The molecule has 1 aromatic heterocycles. The van der Waals surface area contributed by atoms with Crippen LogP contribution in [0.25, 0.3) is 0 Å². The number of halogens is 1. The van der Waals surface area contributed by atoms with Crippen LogP contribution < -0.4 is 4.74 Å². The number of nitrogens with zero attached hydrogens (tertiary/aromatic N) is 2. The van der Waals surface area contributed by atoms with Crippen molar-refractivity contribution in [1.82, 2.24) is 9.47 Å². The van der Waals surface area contributed by atoms with Gasteiger partial charge < -0.3 is 14.4 Å². The minimum atomic E-state index is -0.564. The molecule has 1 aliphatic rings. The zero-order valence-corrected chi connectivity index (χ0v) is 16.5. The van der Waals surface area contributed by atoms with Crippen LogP contribution in [0.3, 0.4) is 0 Å². The van der Waals surface area contributed by atoms with Crippen molar-refractivity contribution < 1.29 is 14.2 Å². The van der Waals surface area contributed by atoms with E-state index in [1.165, 1.54) is 6.07 Å². The Morgan fingerprint density at radius 3 is 2.55 bits per heavy atom. The predicted molar refractivity (Wildman–Crippen MR) is 111 cm³/mol. The van der Waals surface area contributed by atoms with Gasteiger partial charge >= 0.3 is 0 Å². The molecule has 0 bridgehead atoms. The molecule has 4 rings (SSSR count). The number of benzene rings is 2. The molecular weight excluding hydrogens is 367 g/mol. The minimum absolute atomic E-state index is 0.181. The Kier molecular flexibility index (Phi) is 6.27. The highest BCUT2D eigenvalue weighted by Gasteiger charge is 2.31. The summed E-state index contributed by atoms with van der Waals surface area (Å²) in [5, 5.41) is 10.5. The number of rotatable bonds is 10. The number of hydrogen-bond acceptors (Lipinski definition) is 3. The Morgan fingerprint density at radius 2 is 1.79 bits per heavy atom. The van der Waals surface area contributed by atoms with E-state index in [4.69, 9.17) is 4.74 Å². The number of aliphatic hydroxyl groups excluding tert-OH is 1. The fourth-order valence-electron chi connectivity index (χ4n) is 3.58. The molecule has 4 nitrogen and oxygen atoms in total. The van der Waals surface area contributed by atoms with Gasteiger partial charge in [-0.05, 0) is 43.2 Å². The van der Waals surface area contributed by atoms with E-state index in [9.17, 15) is 9.50 Å². The van der Waals surface area contributed by atoms with Gasteiger partial charge in [-0.1, -0.05) is 36.4 Å². The summed E-state index contributed by atoms with van der Waals surface area (Å²) < 4.78 is 21.8. The third kappa shape index (κ3) is 5.46. The van der Waals surface area contributed by atoms with Crippen LogP contribution in [-0.2, 0) is 13.1 Å². The minimum Gasteiger partial charge on any atom is -0.491 e. The van der Waals surface area contributed by atoms with E-state index in [0.717, 1.165) is 30.8 Å². The average Bonchev–Trinajstić information content (AvgIpc) is 3.50. The topological polar surface area (TPSA) is 37.6 Å². The smallest absolute Gasteiger partial charge is 0.128 e. The number of hydrogen-bond donors (Lipinski definition) is 1. The van der Waals surface area contributed by atoms with Gasteiger partial charge in [0.15, 0.2) is 0 Å². The summed E-state index contributed by atoms with van der Waals surface area (Å²) in [6, 6.07) is 21.0. The standard InChI is InChI=1S/C24H27FN2O2/c25-24-11-5-4-7-19(24)15-26-14-6-8-21(26)16-27(20-12-13-20)17-22(28)18-29-23-9-2-1-3-10-23/h1-11,14,20,22,28H,12-13,15-18H2. The molecular formula is C24H27FN2O2. The third-order valence-corrected chi connectivity index (χ3v) is 5.28. The van der Waals surface area contributed by atoms with Gasteiger partial charge in [-0.25, -0.2) is 4.39 Å². The Hall–Kier alpha value is -2.63. The van der Waals surface area contributed by atoms with Crippen LogP contribution >= 0.6 is 0 Å². The van der Waals surface area contributed by atoms with E-state index in [1.54, 1.807) is 6.07 Å². The number of aromatic nitrogens is 1. The quantitative estimate of drug-likeness (QED) is 0.563. The summed E-state index contributed by atoms with van der Waals surface area (Å²) >= 11 is 0. The summed E-state index contributed by atoms with van der Waals surface area (Å²) in [4.78, 5) is 2.31. The lowest BCUT2D eigenvalue weighted by atomic mass is 10.2. The molecule has 1 unspecified atom stereocenters. The highest BCUT2D eigenvalue weighted by atomic mass is 19.1. The van der Waals surface area contributed by atoms with Crippen molar-refractivity contribution >= 4 is 0 Å². The lowest BCUT2D eigenvalue weighted by Gasteiger charge is -2.25. The monoisotopic (exact) mass is 394 g/mol. The highest BCUT2D eigenvalue weighted by Crippen LogP contribution is 2.29. The number of aliphatic hydroxyl groups is 1. The largest absolute Gasteiger partial charge is 0.491 e. The Labute approximate surface area is 171 Å². The zero-order valence-electron chi connectivity index (χ0n) is 16.5. The van der Waals surface area contributed by atoms with E-state index < -0.39 is 6.10 Å². The van der Waals surface area contributed by atoms with Crippen molar-refractivity contribution in [3.05, 3.63) is 90.0 Å². The molecule has 0 amide bonds. The molecule has 1 atom stereocenters. The molecule has 1 fully saturated rings. The average molecular weight is 394 g/mol. The first-order chi connectivity index (χ1) is 14.2. The van der Waals surface area contributed by atoms with Gasteiger partial charge in [0, 0.05) is 36.6 Å². The van der Waals surface area contributed by atoms with E-state index in [2.05, 4.69) is 15.5 Å². The molecule has 0 aliphatic heterocycles. The molecule has 1 saturated carbocycles. The van der Waals surface area contributed by atoms with Crippen molar-refractivity contribution in [2.45, 2.75) is 38.1 Å². The van der Waals surface area contributed by atoms with Crippen molar-refractivity contribution in [1.29, 1.82) is 0 Å². The first-order valence-electron chi connectivity index (χ1n) is 10.2. The summed E-state index contributed by atoms with van der Waals surface area (Å²) in [6.45, 7) is 2.06. The fraction of sp³-hybridized carbons (Fsp3) is 0.333. The maximum absolute atomic E-state index is 14.0. The fourth-order valence-corrected chi connectivity index (χ4v) is 3.58. The normalized spacial score (nSPS) is 14.9. The zero-order chi connectivity index (χ0) is 20.1. The van der Waals surface area contributed by atoms with Crippen molar-refractivity contribution in [3.8, 4) is 5.75 Å². The maximum Gasteiger partial charge on any atom is 0.128 e. The van der Waals surface area contributed by atoms with E-state index in [0.29, 0.717) is 24.7 Å². The second-order valence-electron chi connectivity index (χ2n) is 7.66. The van der Waals surface area contributed by atoms with Crippen LogP contribution in [0.15, 0.2) is 72.9 Å². The Bertz CT molecular complexity index is 908. The van der Waals surface area contributed by atoms with Gasteiger partial charge in [-0.3, -0.25) is 4.90 Å². The molecule has 29 heavy (non-hydrogen) atoms. The molecule has 5 heteroatoms. The summed E-state index contributed by atoms with van der Waals surface area (Å²) in [7, 11) is 0. The Morgan fingerprint density at radius 1 is 1.03 bits per heavy atom. The van der Waals surface area contributed by atoms with Gasteiger partial charge in [0.05, 0.1) is 6.54 Å². The second-order valence-corrected chi connectivity index (χ2v) is 7.66. The molecule has 1 aliphatic carbocycles. The summed E-state index contributed by atoms with van der Waals surface area (Å²) in [5.41, 5.74) is 1.80. The maximum atomic E-state index is 14.0. The molecule has 0 saturated heterocycles. The van der Waals surface area contributed by atoms with E-state index >= 15 is 0 Å². The molecule has 0 radical (unpaired) electrons. The second kappa shape index (κ2) is 9.25. The first-order valence-corrected chi connectivity index (χ1v) is 10.2. The van der Waals surface area contributed by atoms with E-state index in [1.807, 2.05) is 54.7 Å². The van der Waals surface area contributed by atoms with Gasteiger partial charge in [-0.2, -0.15) is 0 Å². The predicted octanol–water partition coefficient (Wildman–Crippen LogP) is 4.08. The molecule has 0 spiro atoms. The molecule has 152 valence electrons. The molecule has 2 aromatic carbocycles. The summed E-state index contributed by atoms with van der Waals surface area (Å²) in [5.74, 6) is 0.586. The Balaban J connectivity index is 1.37. The van der Waals surface area contributed by atoms with Crippen molar-refractivity contribution in [3.63, 3.8) is 0 Å². The molecule has 1 heterocycles. The molecule has 3 aromatic rings. The summed E-state index contributed by atoms with van der Waals surface area (Å²) in [6.07, 6.45) is 3.73. The lowest BCUT2D eigenvalue weighted by molar-refractivity contribution is 0.0618. The van der Waals surface area contributed by atoms with Crippen LogP contribution in [0, 0.1) is 5.82 Å².